The highest BCUT2D eigenvalue weighted by atomic mass is 15.2. The molecule has 0 amide bonds. The maximum atomic E-state index is 4.84. The van der Waals surface area contributed by atoms with Crippen molar-refractivity contribution in [2.45, 2.75) is 0 Å². The molecule has 0 unspecified atom stereocenters. The number of hydrogen-bond acceptors (Lipinski definition) is 5. The van der Waals surface area contributed by atoms with E-state index in [-0.39, 0.29) is 0 Å². The van der Waals surface area contributed by atoms with Crippen molar-refractivity contribution in [1.29, 1.82) is 0 Å². The minimum absolute atomic E-state index is 0.745. The van der Waals surface area contributed by atoms with Gasteiger partial charge in [-0.05, 0) is 41.8 Å². The first-order chi connectivity index (χ1) is 14.8. The van der Waals surface area contributed by atoms with Crippen molar-refractivity contribution in [3.63, 3.8) is 0 Å². The van der Waals surface area contributed by atoms with Gasteiger partial charge < -0.3 is 10.6 Å². The molecule has 0 fully saturated rings. The summed E-state index contributed by atoms with van der Waals surface area (Å²) >= 11 is 0. The molecule has 0 aliphatic heterocycles. The van der Waals surface area contributed by atoms with Crippen LogP contribution in [0.3, 0.4) is 0 Å². The van der Waals surface area contributed by atoms with Gasteiger partial charge in [0, 0.05) is 21.8 Å². The Bertz CT molecular complexity index is 1510. The minimum atomic E-state index is 0.745. The second kappa shape index (κ2) is 6.59. The number of rotatable bonds is 4. The number of benzene rings is 3. The zero-order valence-electron chi connectivity index (χ0n) is 15.8. The molecule has 0 saturated heterocycles. The number of aromatic amines is 2. The van der Waals surface area contributed by atoms with E-state index < -0.39 is 0 Å². The summed E-state index contributed by atoms with van der Waals surface area (Å²) in [6.45, 7) is 0. The van der Waals surface area contributed by atoms with E-state index in [4.69, 9.17) is 4.98 Å². The molecule has 7 nitrogen and oxygen atoms in total. The Labute approximate surface area is 171 Å². The largest absolute Gasteiger partial charge is 0.340 e. The molecule has 6 rings (SSSR count). The summed E-state index contributed by atoms with van der Waals surface area (Å²) in [4.78, 5) is 4.84. The Hall–Kier alpha value is -4.39. The fourth-order valence-electron chi connectivity index (χ4n) is 3.69. The second-order valence-corrected chi connectivity index (χ2v) is 7.12. The summed E-state index contributed by atoms with van der Waals surface area (Å²) < 4.78 is 0. The maximum absolute atomic E-state index is 4.84. The van der Waals surface area contributed by atoms with Crippen LogP contribution in [0.4, 0.5) is 23.1 Å². The van der Waals surface area contributed by atoms with Crippen LogP contribution in [0.15, 0.2) is 79.0 Å². The molecule has 0 spiro atoms. The van der Waals surface area contributed by atoms with Crippen molar-refractivity contribution < 1.29 is 0 Å². The summed E-state index contributed by atoms with van der Waals surface area (Å²) in [6, 6.07) is 24.3. The molecule has 3 heterocycles. The Balaban J connectivity index is 1.43. The molecule has 4 N–H and O–H groups in total. The van der Waals surface area contributed by atoms with Crippen LogP contribution in [0.1, 0.15) is 0 Å². The van der Waals surface area contributed by atoms with Gasteiger partial charge in [0.15, 0.2) is 5.82 Å². The summed E-state index contributed by atoms with van der Waals surface area (Å²) in [5, 5.41) is 25.6. The van der Waals surface area contributed by atoms with Gasteiger partial charge in [0.05, 0.1) is 17.2 Å². The van der Waals surface area contributed by atoms with Crippen LogP contribution in [-0.4, -0.2) is 25.4 Å². The minimum Gasteiger partial charge on any atom is -0.340 e. The van der Waals surface area contributed by atoms with Crippen molar-refractivity contribution in [1.82, 2.24) is 25.4 Å². The molecule has 6 aromatic rings. The summed E-state index contributed by atoms with van der Waals surface area (Å²) in [5.74, 6) is 2.24. The number of aromatic nitrogens is 5. The summed E-state index contributed by atoms with van der Waals surface area (Å²) in [6.07, 6.45) is 1.81. The van der Waals surface area contributed by atoms with E-state index in [1.807, 2.05) is 66.9 Å². The third-order valence-electron chi connectivity index (χ3n) is 5.16. The van der Waals surface area contributed by atoms with E-state index in [1.54, 1.807) is 0 Å². The first-order valence-electron chi connectivity index (χ1n) is 9.63. The molecule has 0 bridgehead atoms. The number of fused-ring (bicyclic) bond motifs is 3. The molecular weight excluding hydrogens is 374 g/mol. The van der Waals surface area contributed by atoms with Crippen LogP contribution < -0.4 is 10.6 Å². The third kappa shape index (κ3) is 2.80. The van der Waals surface area contributed by atoms with Crippen molar-refractivity contribution in [2.24, 2.45) is 0 Å². The number of nitrogens with zero attached hydrogens (tertiary/aromatic N) is 3. The molecule has 7 heteroatoms. The predicted molar refractivity (Wildman–Crippen MR) is 120 cm³/mol. The zero-order chi connectivity index (χ0) is 19.9. The molecule has 30 heavy (non-hydrogen) atoms. The average molecular weight is 391 g/mol. The van der Waals surface area contributed by atoms with Gasteiger partial charge >= 0.3 is 0 Å². The Morgan fingerprint density at radius 2 is 1.53 bits per heavy atom. The van der Waals surface area contributed by atoms with Gasteiger partial charge in [0.25, 0.3) is 0 Å². The molecule has 144 valence electrons. The Morgan fingerprint density at radius 1 is 0.667 bits per heavy atom. The molecule has 0 aliphatic rings. The number of H-pyrrole nitrogens is 2. The molecule has 0 aliphatic carbocycles. The second-order valence-electron chi connectivity index (χ2n) is 7.12. The van der Waals surface area contributed by atoms with Crippen molar-refractivity contribution in [3.05, 3.63) is 79.0 Å². The van der Waals surface area contributed by atoms with Crippen LogP contribution in [0.2, 0.25) is 0 Å². The van der Waals surface area contributed by atoms with Crippen LogP contribution in [0.5, 0.6) is 0 Å². The SMILES string of the molecule is c1ccc2c(Nc3n[nH]c4ccccc34)nc(Nc3ccc4cn[nH]c4c3)cc2c1. The molecule has 3 aromatic carbocycles. The highest BCUT2D eigenvalue weighted by molar-refractivity contribution is 5.98. The molecule has 0 radical (unpaired) electrons. The Morgan fingerprint density at radius 3 is 2.50 bits per heavy atom. The van der Waals surface area contributed by atoms with Crippen LogP contribution >= 0.6 is 0 Å². The smallest absolute Gasteiger partial charge is 0.161 e. The van der Waals surface area contributed by atoms with Crippen molar-refractivity contribution >= 4 is 55.7 Å². The summed E-state index contributed by atoms with van der Waals surface area (Å²) in [7, 11) is 0. The third-order valence-corrected chi connectivity index (χ3v) is 5.16. The van der Waals surface area contributed by atoms with Gasteiger partial charge in [0.2, 0.25) is 0 Å². The van der Waals surface area contributed by atoms with Crippen LogP contribution in [0.25, 0.3) is 32.6 Å². The lowest BCUT2D eigenvalue weighted by molar-refractivity contribution is 1.12. The predicted octanol–water partition coefficient (Wildman–Crippen LogP) is 5.47. The molecule has 0 saturated carbocycles. The lowest BCUT2D eigenvalue weighted by Gasteiger charge is -2.12. The van der Waals surface area contributed by atoms with E-state index in [1.165, 1.54) is 0 Å². The fourth-order valence-corrected chi connectivity index (χ4v) is 3.69. The van der Waals surface area contributed by atoms with Gasteiger partial charge in [-0.1, -0.05) is 36.4 Å². The van der Waals surface area contributed by atoms with Crippen LogP contribution in [-0.2, 0) is 0 Å². The number of pyridine rings is 1. The van der Waals surface area contributed by atoms with Crippen molar-refractivity contribution in [2.75, 3.05) is 10.6 Å². The lowest BCUT2D eigenvalue weighted by Crippen LogP contribution is -2.00. The van der Waals surface area contributed by atoms with E-state index in [9.17, 15) is 0 Å². The van der Waals surface area contributed by atoms with Crippen molar-refractivity contribution in [3.8, 4) is 0 Å². The number of hydrogen-bond donors (Lipinski definition) is 4. The molecule has 0 atom stereocenters. The standard InChI is InChI=1S/C23H17N7/c1-2-6-17-14(5-1)11-21(25-16-10-9-15-13-24-28-20(15)12-16)26-22(17)27-23-18-7-3-4-8-19(18)29-30-23/h1-13H,(H,24,28)(H3,25,26,27,29,30). The molecular formula is C23H17N7. The summed E-state index contributed by atoms with van der Waals surface area (Å²) in [5.41, 5.74) is 2.89. The number of para-hydroxylation sites is 1. The number of nitrogens with one attached hydrogen (secondary N) is 4. The first-order valence-corrected chi connectivity index (χ1v) is 9.63. The van der Waals surface area contributed by atoms with Gasteiger partial charge in [0.1, 0.15) is 11.6 Å². The lowest BCUT2D eigenvalue weighted by atomic mass is 10.1. The normalized spacial score (nSPS) is 11.3. The van der Waals surface area contributed by atoms with Gasteiger partial charge in [-0.2, -0.15) is 10.2 Å². The number of anilines is 4. The van der Waals surface area contributed by atoms with E-state index in [2.05, 4.69) is 43.2 Å². The molecule has 3 aromatic heterocycles. The highest BCUT2D eigenvalue weighted by Crippen LogP contribution is 2.30. The maximum Gasteiger partial charge on any atom is 0.161 e. The Kier molecular flexibility index (Phi) is 3.64. The van der Waals surface area contributed by atoms with E-state index in [0.29, 0.717) is 0 Å². The van der Waals surface area contributed by atoms with Gasteiger partial charge in [-0.3, -0.25) is 10.2 Å². The van der Waals surface area contributed by atoms with Crippen LogP contribution in [0, 0.1) is 0 Å². The highest BCUT2D eigenvalue weighted by Gasteiger charge is 2.11. The van der Waals surface area contributed by atoms with E-state index >= 15 is 0 Å². The quantitative estimate of drug-likeness (QED) is 0.319. The average Bonchev–Trinajstić information content (AvgIpc) is 3.41. The van der Waals surface area contributed by atoms with E-state index in [0.717, 1.165) is 55.7 Å². The monoisotopic (exact) mass is 391 g/mol. The fraction of sp³-hybridized carbons (Fsp3) is 0. The first kappa shape index (κ1) is 16.6. The topological polar surface area (TPSA) is 94.3 Å². The van der Waals surface area contributed by atoms with Gasteiger partial charge in [-0.25, -0.2) is 4.98 Å². The van der Waals surface area contributed by atoms with Gasteiger partial charge in [-0.15, -0.1) is 0 Å². The zero-order valence-corrected chi connectivity index (χ0v) is 15.8.